The minimum Gasteiger partial charge on any atom is -0.354 e. The number of carbonyl (C=O) groups excluding carboxylic acids is 2. The summed E-state index contributed by atoms with van der Waals surface area (Å²) in [5.41, 5.74) is 1.55. The average molecular weight is 388 g/mol. The van der Waals surface area contributed by atoms with Gasteiger partial charge in [0, 0.05) is 29.6 Å². The quantitative estimate of drug-likeness (QED) is 0.730. The number of hydrogen-bond acceptors (Lipinski definition) is 3. The van der Waals surface area contributed by atoms with E-state index in [9.17, 15) is 9.59 Å². The molecule has 0 heterocycles. The molecule has 144 valence electrons. The van der Waals surface area contributed by atoms with Crippen LogP contribution in [0.2, 0.25) is 5.02 Å². The molecule has 2 aromatic rings. The summed E-state index contributed by atoms with van der Waals surface area (Å²) in [6.07, 6.45) is 0.210. The molecular formula is C21H26ClN3O2. The fraction of sp³-hybridized carbons (Fsp3) is 0.333. The molecule has 0 bridgehead atoms. The molecule has 0 aromatic heterocycles. The van der Waals surface area contributed by atoms with E-state index >= 15 is 0 Å². The molecule has 0 spiro atoms. The molecule has 0 radical (unpaired) electrons. The number of hydrogen-bond donors (Lipinski definition) is 2. The third kappa shape index (κ3) is 6.38. The van der Waals surface area contributed by atoms with Crippen LogP contribution >= 0.6 is 11.6 Å². The topological polar surface area (TPSA) is 61.4 Å². The lowest BCUT2D eigenvalue weighted by atomic mass is 10.1. The summed E-state index contributed by atoms with van der Waals surface area (Å²) >= 11 is 6.29. The van der Waals surface area contributed by atoms with Crippen LogP contribution < -0.4 is 10.6 Å². The van der Waals surface area contributed by atoms with E-state index in [1.807, 2.05) is 68.4 Å². The second-order valence-corrected chi connectivity index (χ2v) is 7.16. The van der Waals surface area contributed by atoms with Gasteiger partial charge in [-0.05, 0) is 44.8 Å². The molecule has 0 aliphatic carbocycles. The fourth-order valence-corrected chi connectivity index (χ4v) is 3.09. The van der Waals surface area contributed by atoms with Crippen molar-refractivity contribution in [2.75, 3.05) is 20.6 Å². The van der Waals surface area contributed by atoms with Crippen molar-refractivity contribution < 1.29 is 9.59 Å². The molecular weight excluding hydrogens is 362 g/mol. The molecule has 0 aliphatic heterocycles. The van der Waals surface area contributed by atoms with E-state index in [1.54, 1.807) is 12.1 Å². The van der Waals surface area contributed by atoms with E-state index < -0.39 is 0 Å². The Morgan fingerprint density at radius 3 is 2.30 bits per heavy atom. The van der Waals surface area contributed by atoms with Crippen LogP contribution in [0, 0.1) is 0 Å². The molecule has 2 unspecified atom stereocenters. The minimum absolute atomic E-state index is 0.0307. The Labute approximate surface area is 165 Å². The van der Waals surface area contributed by atoms with Crippen molar-refractivity contribution in [3.63, 3.8) is 0 Å². The summed E-state index contributed by atoms with van der Waals surface area (Å²) in [7, 11) is 3.89. The summed E-state index contributed by atoms with van der Waals surface area (Å²) in [4.78, 5) is 26.5. The maximum absolute atomic E-state index is 12.3. The van der Waals surface area contributed by atoms with Crippen LogP contribution in [0.3, 0.4) is 0 Å². The zero-order chi connectivity index (χ0) is 19.8. The number of nitrogens with one attached hydrogen (secondary N) is 2. The Kier molecular flexibility index (Phi) is 7.82. The van der Waals surface area contributed by atoms with Crippen molar-refractivity contribution in [2.45, 2.75) is 25.4 Å². The van der Waals surface area contributed by atoms with E-state index in [4.69, 9.17) is 11.6 Å². The fourth-order valence-electron chi connectivity index (χ4n) is 2.82. The highest BCUT2D eigenvalue weighted by atomic mass is 35.5. The number of benzene rings is 2. The molecule has 0 saturated carbocycles. The van der Waals surface area contributed by atoms with E-state index in [1.165, 1.54) is 0 Å². The van der Waals surface area contributed by atoms with E-state index in [0.717, 1.165) is 5.56 Å². The molecule has 0 aliphatic rings. The van der Waals surface area contributed by atoms with Gasteiger partial charge in [0.15, 0.2) is 0 Å². The highest BCUT2D eigenvalue weighted by Crippen LogP contribution is 2.25. The van der Waals surface area contributed by atoms with Gasteiger partial charge in [-0.25, -0.2) is 0 Å². The van der Waals surface area contributed by atoms with Crippen LogP contribution in [0.15, 0.2) is 54.6 Å². The van der Waals surface area contributed by atoms with Crippen LogP contribution in [-0.2, 0) is 4.79 Å². The lowest BCUT2D eigenvalue weighted by Gasteiger charge is -2.26. The molecule has 2 atom stereocenters. The van der Waals surface area contributed by atoms with Gasteiger partial charge in [-0.2, -0.15) is 0 Å². The van der Waals surface area contributed by atoms with Crippen molar-refractivity contribution in [2.24, 2.45) is 0 Å². The average Bonchev–Trinajstić information content (AvgIpc) is 2.63. The highest BCUT2D eigenvalue weighted by molar-refractivity contribution is 6.31. The molecule has 0 fully saturated rings. The van der Waals surface area contributed by atoms with Crippen LogP contribution in [0.5, 0.6) is 0 Å². The van der Waals surface area contributed by atoms with Crippen molar-refractivity contribution in [1.29, 1.82) is 0 Å². The Balaban J connectivity index is 1.87. The first kappa shape index (κ1) is 20.9. The lowest BCUT2D eigenvalue weighted by Crippen LogP contribution is -2.39. The third-order valence-electron chi connectivity index (χ3n) is 4.29. The van der Waals surface area contributed by atoms with E-state index in [2.05, 4.69) is 10.6 Å². The maximum atomic E-state index is 12.3. The number of rotatable bonds is 8. The Morgan fingerprint density at radius 1 is 1.04 bits per heavy atom. The van der Waals surface area contributed by atoms with Crippen molar-refractivity contribution in [3.8, 4) is 0 Å². The van der Waals surface area contributed by atoms with Gasteiger partial charge in [-0.1, -0.05) is 48.0 Å². The molecule has 2 aromatic carbocycles. The van der Waals surface area contributed by atoms with Gasteiger partial charge in [0.2, 0.25) is 5.91 Å². The third-order valence-corrected chi connectivity index (χ3v) is 4.63. The number of nitrogens with zero attached hydrogens (tertiary/aromatic N) is 1. The molecule has 2 N–H and O–H groups in total. The molecule has 0 saturated heterocycles. The number of halogens is 1. The van der Waals surface area contributed by atoms with Gasteiger partial charge < -0.3 is 15.5 Å². The smallest absolute Gasteiger partial charge is 0.251 e. The first-order valence-electron chi connectivity index (χ1n) is 8.92. The van der Waals surface area contributed by atoms with Crippen molar-refractivity contribution >= 4 is 23.4 Å². The van der Waals surface area contributed by atoms with Crippen LogP contribution in [0.4, 0.5) is 0 Å². The zero-order valence-electron chi connectivity index (χ0n) is 15.9. The summed E-state index contributed by atoms with van der Waals surface area (Å²) in [5.74, 6) is -0.298. The normalized spacial score (nSPS) is 13.1. The predicted molar refractivity (Wildman–Crippen MR) is 109 cm³/mol. The second-order valence-electron chi connectivity index (χ2n) is 6.75. The first-order chi connectivity index (χ1) is 12.9. The van der Waals surface area contributed by atoms with Gasteiger partial charge in [0.05, 0.1) is 6.04 Å². The maximum Gasteiger partial charge on any atom is 0.251 e. The number of carbonyl (C=O) groups is 2. The minimum atomic E-state index is -0.268. The summed E-state index contributed by atoms with van der Waals surface area (Å²) < 4.78 is 0. The van der Waals surface area contributed by atoms with Crippen LogP contribution in [-0.4, -0.2) is 43.4 Å². The molecule has 5 nitrogen and oxygen atoms in total. The molecule has 2 amide bonds. The number of amides is 2. The molecule has 27 heavy (non-hydrogen) atoms. The van der Waals surface area contributed by atoms with Crippen molar-refractivity contribution in [3.05, 3.63) is 70.7 Å². The lowest BCUT2D eigenvalue weighted by molar-refractivity contribution is -0.121. The van der Waals surface area contributed by atoms with Gasteiger partial charge in [0.25, 0.3) is 5.91 Å². The Hall–Kier alpha value is -2.37. The summed E-state index contributed by atoms with van der Waals surface area (Å²) in [6.45, 7) is 2.26. The van der Waals surface area contributed by atoms with Gasteiger partial charge in [0.1, 0.15) is 0 Å². The Morgan fingerprint density at radius 2 is 1.67 bits per heavy atom. The first-order valence-corrected chi connectivity index (χ1v) is 9.29. The summed E-state index contributed by atoms with van der Waals surface area (Å²) in [5, 5.41) is 6.47. The monoisotopic (exact) mass is 387 g/mol. The molecule has 2 rings (SSSR count). The number of likely N-dealkylation sites (N-methyl/N-ethyl adjacent to an activating group) is 1. The van der Waals surface area contributed by atoms with Crippen LogP contribution in [0.25, 0.3) is 0 Å². The molecule has 6 heteroatoms. The van der Waals surface area contributed by atoms with Gasteiger partial charge >= 0.3 is 0 Å². The van der Waals surface area contributed by atoms with Crippen molar-refractivity contribution in [1.82, 2.24) is 15.5 Å². The van der Waals surface area contributed by atoms with Crippen LogP contribution in [0.1, 0.15) is 35.3 Å². The van der Waals surface area contributed by atoms with Gasteiger partial charge in [-0.3, -0.25) is 9.59 Å². The zero-order valence-corrected chi connectivity index (χ0v) is 16.7. The standard InChI is InChI=1S/C21H26ClN3O2/c1-15(24-21(27)16-9-5-4-6-10-16)13-20(26)23-14-19(25(2)3)17-11-7-8-12-18(17)22/h4-12,15,19H,13-14H2,1-3H3,(H,23,26)(H,24,27). The predicted octanol–water partition coefficient (Wildman–Crippen LogP) is 3.27. The summed E-state index contributed by atoms with van der Waals surface area (Å²) in [6, 6.07) is 16.3. The largest absolute Gasteiger partial charge is 0.354 e. The van der Waals surface area contributed by atoms with Gasteiger partial charge in [-0.15, -0.1) is 0 Å². The SMILES string of the molecule is CC(CC(=O)NCC(c1ccccc1Cl)N(C)C)NC(=O)c1ccccc1. The van der Waals surface area contributed by atoms with E-state index in [0.29, 0.717) is 17.1 Å². The second kappa shape index (κ2) is 10.1. The highest BCUT2D eigenvalue weighted by Gasteiger charge is 2.19. The Bertz CT molecular complexity index is 765. The van der Waals surface area contributed by atoms with E-state index in [-0.39, 0.29) is 30.3 Å².